The fraction of sp³-hybridized carbons (Fsp3) is 0.222. The van der Waals surface area contributed by atoms with Crippen molar-refractivity contribution in [1.29, 1.82) is 0 Å². The molecule has 3 heterocycles. The molecule has 11 heteroatoms. The number of halogens is 3. The van der Waals surface area contributed by atoms with Gasteiger partial charge in [-0.1, -0.05) is 29.5 Å². The van der Waals surface area contributed by atoms with Crippen LogP contribution in [0.25, 0.3) is 11.0 Å². The molecule has 0 spiro atoms. The second-order valence-corrected chi connectivity index (χ2v) is 6.71. The van der Waals surface area contributed by atoms with E-state index < -0.39 is 6.30 Å². The largest absolute Gasteiger partial charge is 0.505 e. The van der Waals surface area contributed by atoms with Gasteiger partial charge in [-0.25, -0.2) is 0 Å². The van der Waals surface area contributed by atoms with Crippen molar-refractivity contribution in [3.63, 3.8) is 0 Å². The minimum absolute atomic E-state index is 0.0955. The number of fused-ring (bicyclic) bond motifs is 2. The lowest BCUT2D eigenvalue weighted by atomic mass is 10.1. The van der Waals surface area contributed by atoms with E-state index in [0.717, 1.165) is 24.4 Å². The van der Waals surface area contributed by atoms with E-state index >= 15 is 0 Å². The van der Waals surface area contributed by atoms with Crippen LogP contribution in [0.5, 0.6) is 0 Å². The number of rotatable bonds is 4. The number of aromatic nitrogens is 6. The summed E-state index contributed by atoms with van der Waals surface area (Å²) in [5, 5.41) is 13.5. The van der Waals surface area contributed by atoms with Crippen molar-refractivity contribution in [2.45, 2.75) is 25.2 Å². The lowest BCUT2D eigenvalue weighted by molar-refractivity contribution is -0.213. The van der Waals surface area contributed by atoms with Crippen molar-refractivity contribution >= 4 is 28.6 Å². The predicted octanol–water partition coefficient (Wildman–Crippen LogP) is 3.87. The molecule has 0 saturated heterocycles. The minimum atomic E-state index is -4.64. The first-order chi connectivity index (χ1) is 14.0. The van der Waals surface area contributed by atoms with Gasteiger partial charge < -0.3 is 15.6 Å². The van der Waals surface area contributed by atoms with Crippen molar-refractivity contribution in [3.05, 3.63) is 53.9 Å². The van der Waals surface area contributed by atoms with Crippen molar-refractivity contribution in [3.8, 4) is 0 Å². The second-order valence-electron chi connectivity index (χ2n) is 6.71. The lowest BCUT2D eigenvalue weighted by Gasteiger charge is -2.16. The maximum atomic E-state index is 12.7. The molecule has 0 amide bonds. The Balaban J connectivity index is 1.45. The van der Waals surface area contributed by atoms with Gasteiger partial charge in [-0.15, -0.1) is 18.3 Å². The summed E-state index contributed by atoms with van der Waals surface area (Å²) in [6.45, 7) is 0. The highest BCUT2D eigenvalue weighted by Gasteiger charge is 2.32. The summed E-state index contributed by atoms with van der Waals surface area (Å²) >= 11 is 0. The summed E-state index contributed by atoms with van der Waals surface area (Å²) in [5.74, 6) is 0.594. The highest BCUT2D eigenvalue weighted by atomic mass is 19.4. The van der Waals surface area contributed by atoms with Crippen LogP contribution in [-0.4, -0.2) is 29.9 Å². The highest BCUT2D eigenvalue weighted by molar-refractivity contribution is 5.88. The summed E-state index contributed by atoms with van der Waals surface area (Å²) in [6, 6.07) is 10.2. The Morgan fingerprint density at radius 2 is 2.00 bits per heavy atom. The Kier molecular flexibility index (Phi) is 3.89. The Hall–Kier alpha value is -3.63. The Morgan fingerprint density at radius 3 is 2.83 bits per heavy atom. The number of nitrogens with one attached hydrogen (secondary N) is 3. The van der Waals surface area contributed by atoms with Crippen LogP contribution in [0.2, 0.25) is 0 Å². The lowest BCUT2D eigenvalue weighted by Crippen LogP contribution is -2.17. The number of aryl methyl sites for hydroxylation is 1. The van der Waals surface area contributed by atoms with Crippen LogP contribution in [-0.2, 0) is 12.7 Å². The predicted molar refractivity (Wildman–Crippen MR) is 99.6 cm³/mol. The summed E-state index contributed by atoms with van der Waals surface area (Å²) in [5.41, 5.74) is 3.07. The van der Waals surface area contributed by atoms with E-state index in [1.54, 1.807) is 6.20 Å². The Morgan fingerprint density at radius 1 is 1.14 bits per heavy atom. The third-order valence-electron chi connectivity index (χ3n) is 4.85. The molecule has 0 aliphatic heterocycles. The van der Waals surface area contributed by atoms with Crippen LogP contribution >= 0.6 is 0 Å². The van der Waals surface area contributed by atoms with E-state index in [4.69, 9.17) is 0 Å². The van der Waals surface area contributed by atoms with Gasteiger partial charge in [0.2, 0.25) is 5.95 Å². The van der Waals surface area contributed by atoms with E-state index in [9.17, 15) is 13.2 Å². The average molecular weight is 400 g/mol. The maximum absolute atomic E-state index is 12.7. The van der Waals surface area contributed by atoms with Gasteiger partial charge in [0.05, 0.1) is 17.6 Å². The number of H-pyrrole nitrogens is 1. The van der Waals surface area contributed by atoms with Crippen LogP contribution in [0, 0.1) is 0 Å². The fourth-order valence-corrected chi connectivity index (χ4v) is 3.54. The van der Waals surface area contributed by atoms with Gasteiger partial charge in [0.15, 0.2) is 5.82 Å². The first-order valence-corrected chi connectivity index (χ1v) is 8.93. The van der Waals surface area contributed by atoms with Crippen LogP contribution < -0.4 is 10.6 Å². The van der Waals surface area contributed by atoms with E-state index in [0.29, 0.717) is 11.5 Å². The monoisotopic (exact) mass is 400 g/mol. The van der Waals surface area contributed by atoms with Gasteiger partial charge in [0, 0.05) is 6.20 Å². The molecule has 148 valence electrons. The molecule has 29 heavy (non-hydrogen) atoms. The smallest absolute Gasteiger partial charge is 0.363 e. The first-order valence-electron chi connectivity index (χ1n) is 8.93. The molecule has 1 aliphatic carbocycles. The van der Waals surface area contributed by atoms with Crippen LogP contribution in [0.15, 0.2) is 42.7 Å². The molecular formula is C18H15F3N8. The quantitative estimate of drug-likeness (QED) is 0.481. The summed E-state index contributed by atoms with van der Waals surface area (Å²) in [4.78, 5) is 11.8. The molecule has 1 atom stereocenters. The van der Waals surface area contributed by atoms with Gasteiger partial charge >= 0.3 is 6.30 Å². The van der Waals surface area contributed by atoms with Gasteiger partial charge in [0.1, 0.15) is 11.5 Å². The van der Waals surface area contributed by atoms with E-state index in [-0.39, 0.29) is 22.5 Å². The average Bonchev–Trinajstić information content (AvgIpc) is 3.41. The highest BCUT2D eigenvalue weighted by Crippen LogP contribution is 2.35. The number of benzene rings is 1. The first kappa shape index (κ1) is 17.5. The molecule has 3 aromatic heterocycles. The third kappa shape index (κ3) is 3.24. The van der Waals surface area contributed by atoms with Crippen LogP contribution in [0.4, 0.5) is 30.8 Å². The number of hydrogen-bond acceptors (Lipinski definition) is 6. The van der Waals surface area contributed by atoms with Crippen molar-refractivity contribution in [2.75, 3.05) is 10.6 Å². The van der Waals surface area contributed by atoms with Gasteiger partial charge in [-0.3, -0.25) is 0 Å². The molecule has 8 nitrogen and oxygen atoms in total. The number of anilines is 3. The maximum Gasteiger partial charge on any atom is 0.505 e. The van der Waals surface area contributed by atoms with Crippen LogP contribution in [0.3, 0.4) is 0 Å². The number of aromatic amines is 1. The zero-order valence-electron chi connectivity index (χ0n) is 14.9. The topological polar surface area (TPSA) is 96.3 Å². The minimum Gasteiger partial charge on any atom is -0.363 e. The molecule has 0 fully saturated rings. The van der Waals surface area contributed by atoms with E-state index in [2.05, 4.69) is 48.0 Å². The Labute approximate surface area is 162 Å². The van der Waals surface area contributed by atoms with Crippen molar-refractivity contribution in [2.24, 2.45) is 0 Å². The molecule has 1 aromatic carbocycles. The third-order valence-corrected chi connectivity index (χ3v) is 4.85. The number of nitrogens with zero attached hydrogens (tertiary/aromatic N) is 5. The van der Waals surface area contributed by atoms with E-state index in [1.807, 2.05) is 18.2 Å². The molecule has 0 bridgehead atoms. The molecule has 0 radical (unpaired) electrons. The summed E-state index contributed by atoms with van der Waals surface area (Å²) < 4.78 is 37.9. The normalized spacial score (nSPS) is 16.2. The SMILES string of the molecule is FC(F)(F)n1cc(Nc2nc(N[C@H]3CCc4ccccc43)c3cc[nH]c3n2)nn1. The molecule has 0 saturated carbocycles. The van der Waals surface area contributed by atoms with Gasteiger partial charge in [0.25, 0.3) is 0 Å². The molecule has 0 unspecified atom stereocenters. The number of alkyl halides is 3. The van der Waals surface area contributed by atoms with E-state index in [1.165, 1.54) is 11.1 Å². The van der Waals surface area contributed by atoms with Crippen molar-refractivity contribution in [1.82, 2.24) is 29.9 Å². The zero-order chi connectivity index (χ0) is 20.0. The molecule has 1 aliphatic rings. The standard InChI is InChI=1S/C18H15F3N8/c19-18(20,21)29-9-14(27-28-29)24-17-25-15-12(7-8-22-15)16(26-17)23-13-6-5-10-3-1-2-4-11(10)13/h1-4,7-9,13H,5-6H2,(H3,22,23,24,25,26)/t13-/m0/s1. The van der Waals surface area contributed by atoms with Gasteiger partial charge in [-0.05, 0) is 30.0 Å². The molecule has 5 rings (SSSR count). The van der Waals surface area contributed by atoms with Crippen LogP contribution in [0.1, 0.15) is 23.6 Å². The molecule has 3 N–H and O–H groups in total. The van der Waals surface area contributed by atoms with Crippen molar-refractivity contribution < 1.29 is 13.2 Å². The molecule has 4 aromatic rings. The Bertz CT molecular complexity index is 1180. The molecular weight excluding hydrogens is 385 g/mol. The fourth-order valence-electron chi connectivity index (χ4n) is 3.54. The summed E-state index contributed by atoms with van der Waals surface area (Å²) in [7, 11) is 0. The zero-order valence-corrected chi connectivity index (χ0v) is 14.9. The summed E-state index contributed by atoms with van der Waals surface area (Å²) in [6.07, 6.45) is -0.266. The number of hydrogen-bond donors (Lipinski definition) is 3. The van der Waals surface area contributed by atoms with Gasteiger partial charge in [-0.2, -0.15) is 14.6 Å². The second kappa shape index (κ2) is 6.47.